The molecule has 0 heterocycles. The second-order valence-electron chi connectivity index (χ2n) is 9.20. The molecular weight excluding hydrogens is 546 g/mol. The maximum Gasteiger partial charge on any atom is 0.264 e. The second kappa shape index (κ2) is 14.4. The van der Waals surface area contributed by atoms with Gasteiger partial charge in [0.15, 0.2) is 11.5 Å². The number of anilines is 1. The van der Waals surface area contributed by atoms with E-state index >= 15 is 0 Å². The number of benzene rings is 3. The predicted octanol–water partition coefficient (Wildman–Crippen LogP) is 3.85. The normalized spacial score (nSPS) is 11.7. The summed E-state index contributed by atoms with van der Waals surface area (Å²) in [5.74, 6) is 0.385. The van der Waals surface area contributed by atoms with E-state index in [4.69, 9.17) is 14.2 Å². The van der Waals surface area contributed by atoms with Gasteiger partial charge < -0.3 is 24.4 Å². The molecule has 0 saturated carbocycles. The predicted molar refractivity (Wildman–Crippen MR) is 157 cm³/mol. The summed E-state index contributed by atoms with van der Waals surface area (Å²) in [6.07, 6.45) is 0.727. The molecule has 3 aromatic rings. The number of methoxy groups -OCH3 is 3. The number of ether oxygens (including phenoxy) is 3. The molecular formula is C30H37N3O7S. The first-order valence-corrected chi connectivity index (χ1v) is 14.6. The molecule has 220 valence electrons. The lowest BCUT2D eigenvalue weighted by Gasteiger charge is -2.32. The minimum atomic E-state index is -4.20. The fourth-order valence-electron chi connectivity index (χ4n) is 4.17. The smallest absolute Gasteiger partial charge is 0.264 e. The first kappa shape index (κ1) is 31.3. The van der Waals surface area contributed by atoms with E-state index < -0.39 is 28.5 Å². The molecule has 0 fully saturated rings. The highest BCUT2D eigenvalue weighted by Gasteiger charge is 2.33. The van der Waals surface area contributed by atoms with E-state index in [2.05, 4.69) is 5.32 Å². The van der Waals surface area contributed by atoms with Crippen molar-refractivity contribution in [2.75, 3.05) is 38.7 Å². The molecule has 0 aliphatic carbocycles. The van der Waals surface area contributed by atoms with Crippen LogP contribution in [0.5, 0.6) is 17.2 Å². The van der Waals surface area contributed by atoms with Gasteiger partial charge in [0.25, 0.3) is 10.0 Å². The zero-order valence-electron chi connectivity index (χ0n) is 24.0. The van der Waals surface area contributed by atoms with Crippen molar-refractivity contribution in [3.63, 3.8) is 0 Å². The number of carbonyl (C=O) groups is 2. The summed E-state index contributed by atoms with van der Waals surface area (Å²) in [5.41, 5.74) is 0.917. The van der Waals surface area contributed by atoms with Gasteiger partial charge in [0.2, 0.25) is 11.8 Å². The van der Waals surface area contributed by atoms with Gasteiger partial charge in [-0.3, -0.25) is 13.9 Å². The molecule has 0 saturated heterocycles. The van der Waals surface area contributed by atoms with Crippen molar-refractivity contribution < 1.29 is 32.2 Å². The van der Waals surface area contributed by atoms with Crippen LogP contribution < -0.4 is 23.8 Å². The molecule has 1 N–H and O–H groups in total. The molecule has 0 unspecified atom stereocenters. The van der Waals surface area contributed by atoms with Crippen molar-refractivity contribution in [2.24, 2.45) is 0 Å². The number of sulfonamides is 1. The summed E-state index contributed by atoms with van der Waals surface area (Å²) in [5, 5.41) is 2.82. The Morgan fingerprint density at radius 2 is 1.59 bits per heavy atom. The molecule has 10 nitrogen and oxygen atoms in total. The van der Waals surface area contributed by atoms with Crippen molar-refractivity contribution in [3.05, 3.63) is 78.4 Å². The van der Waals surface area contributed by atoms with Gasteiger partial charge in [-0.05, 0) is 55.3 Å². The van der Waals surface area contributed by atoms with Crippen LogP contribution in [0, 0.1) is 0 Å². The van der Waals surface area contributed by atoms with Crippen molar-refractivity contribution in [2.45, 2.75) is 37.8 Å². The number of hydrogen-bond donors (Lipinski definition) is 1. The van der Waals surface area contributed by atoms with Crippen molar-refractivity contribution in [1.29, 1.82) is 0 Å². The first-order chi connectivity index (χ1) is 19.7. The zero-order chi connectivity index (χ0) is 30.0. The topological polar surface area (TPSA) is 114 Å². The SMILES string of the molecule is CCCNC(=O)[C@H](C)N(Cc1cccc(OC)c1)C(=O)CN(c1ccc(OC)c(OC)c1)S(=O)(=O)c1ccccc1. The molecule has 0 bridgehead atoms. The van der Waals surface area contributed by atoms with Crippen molar-refractivity contribution in [3.8, 4) is 17.2 Å². The molecule has 0 aliphatic heterocycles. The number of rotatable bonds is 14. The van der Waals surface area contributed by atoms with E-state index in [0.29, 0.717) is 23.8 Å². The van der Waals surface area contributed by atoms with Gasteiger partial charge in [-0.15, -0.1) is 0 Å². The molecule has 11 heteroatoms. The Morgan fingerprint density at radius 1 is 0.878 bits per heavy atom. The Kier molecular flexibility index (Phi) is 11.0. The van der Waals surface area contributed by atoms with E-state index in [0.717, 1.165) is 16.3 Å². The van der Waals surface area contributed by atoms with Gasteiger partial charge in [0, 0.05) is 19.2 Å². The minimum Gasteiger partial charge on any atom is -0.497 e. The number of amides is 2. The summed E-state index contributed by atoms with van der Waals surface area (Å²) >= 11 is 0. The second-order valence-corrected chi connectivity index (χ2v) is 11.1. The van der Waals surface area contributed by atoms with E-state index in [1.807, 2.05) is 13.0 Å². The van der Waals surface area contributed by atoms with Crippen molar-refractivity contribution >= 4 is 27.5 Å². The van der Waals surface area contributed by atoms with E-state index in [1.165, 1.54) is 44.4 Å². The zero-order valence-corrected chi connectivity index (χ0v) is 24.8. The lowest BCUT2D eigenvalue weighted by molar-refractivity contribution is -0.139. The van der Waals surface area contributed by atoms with Gasteiger partial charge in [0.1, 0.15) is 18.3 Å². The standard InChI is InChI=1S/C30H37N3O7S/c1-6-17-31-30(35)22(2)32(20-23-11-10-12-25(18-23)38-3)29(34)21-33(41(36,37)26-13-8-7-9-14-26)24-15-16-27(39-4)28(19-24)40-5/h7-16,18-19,22H,6,17,20-21H2,1-5H3,(H,31,35)/t22-/m0/s1. The summed E-state index contributed by atoms with van der Waals surface area (Å²) in [6.45, 7) is 3.49. The third-order valence-electron chi connectivity index (χ3n) is 6.47. The number of hydrogen-bond acceptors (Lipinski definition) is 7. The highest BCUT2D eigenvalue weighted by atomic mass is 32.2. The van der Waals surface area contributed by atoms with Gasteiger partial charge in [0.05, 0.1) is 31.9 Å². The number of nitrogens with zero attached hydrogens (tertiary/aromatic N) is 2. The first-order valence-electron chi connectivity index (χ1n) is 13.2. The van der Waals surface area contributed by atoms with Crippen LogP contribution in [-0.4, -0.2) is 65.6 Å². The fourth-order valence-corrected chi connectivity index (χ4v) is 5.60. The number of nitrogens with one attached hydrogen (secondary N) is 1. The van der Waals surface area contributed by atoms with Crippen LogP contribution in [-0.2, 0) is 26.2 Å². The molecule has 3 rings (SSSR count). The third-order valence-corrected chi connectivity index (χ3v) is 8.26. The Balaban J connectivity index is 2.07. The summed E-state index contributed by atoms with van der Waals surface area (Å²) in [7, 11) is 0.251. The van der Waals surface area contributed by atoms with Gasteiger partial charge in [-0.1, -0.05) is 37.3 Å². The van der Waals surface area contributed by atoms with E-state index in [9.17, 15) is 18.0 Å². The van der Waals surface area contributed by atoms with Crippen LogP contribution >= 0.6 is 0 Å². The summed E-state index contributed by atoms with van der Waals surface area (Å²) in [4.78, 5) is 28.4. The highest BCUT2D eigenvalue weighted by molar-refractivity contribution is 7.92. The van der Waals surface area contributed by atoms with Gasteiger partial charge in [-0.25, -0.2) is 8.42 Å². The highest BCUT2D eigenvalue weighted by Crippen LogP contribution is 2.34. The molecule has 0 aromatic heterocycles. The van der Waals surface area contributed by atoms with Crippen LogP contribution in [0.2, 0.25) is 0 Å². The summed E-state index contributed by atoms with van der Waals surface area (Å²) < 4.78 is 44.9. The molecule has 0 spiro atoms. The van der Waals surface area contributed by atoms with Crippen LogP contribution in [0.15, 0.2) is 77.7 Å². The lowest BCUT2D eigenvalue weighted by atomic mass is 10.1. The van der Waals surface area contributed by atoms with Crippen LogP contribution in [0.3, 0.4) is 0 Å². The Morgan fingerprint density at radius 3 is 2.22 bits per heavy atom. The monoisotopic (exact) mass is 583 g/mol. The lowest BCUT2D eigenvalue weighted by Crippen LogP contribution is -2.51. The molecule has 2 amide bonds. The van der Waals surface area contributed by atoms with Crippen LogP contribution in [0.1, 0.15) is 25.8 Å². The number of carbonyl (C=O) groups excluding carboxylic acids is 2. The Bertz CT molecular complexity index is 1430. The third kappa shape index (κ3) is 7.69. The maximum atomic E-state index is 14.0. The average Bonchev–Trinajstić information content (AvgIpc) is 3.00. The molecule has 41 heavy (non-hydrogen) atoms. The average molecular weight is 584 g/mol. The van der Waals surface area contributed by atoms with Crippen LogP contribution in [0.25, 0.3) is 0 Å². The van der Waals surface area contributed by atoms with Gasteiger partial charge in [-0.2, -0.15) is 0 Å². The molecule has 0 radical (unpaired) electrons. The quantitative estimate of drug-likeness (QED) is 0.307. The van der Waals surface area contributed by atoms with E-state index in [-0.39, 0.29) is 23.0 Å². The van der Waals surface area contributed by atoms with Crippen LogP contribution in [0.4, 0.5) is 5.69 Å². The summed E-state index contributed by atoms with van der Waals surface area (Å²) in [6, 6.07) is 18.7. The molecule has 0 aliphatic rings. The minimum absolute atomic E-state index is 0.00988. The van der Waals surface area contributed by atoms with Crippen molar-refractivity contribution in [1.82, 2.24) is 10.2 Å². The molecule has 3 aromatic carbocycles. The largest absolute Gasteiger partial charge is 0.497 e. The van der Waals surface area contributed by atoms with Gasteiger partial charge >= 0.3 is 0 Å². The fraction of sp³-hybridized carbons (Fsp3) is 0.333. The maximum absolute atomic E-state index is 14.0. The Hall–Kier alpha value is -4.25. The molecule has 1 atom stereocenters. The van der Waals surface area contributed by atoms with E-state index in [1.54, 1.807) is 55.5 Å². The Labute approximate surface area is 241 Å².